The van der Waals surface area contributed by atoms with E-state index in [1.165, 1.54) is 24.3 Å². The Bertz CT molecular complexity index is 831. The molecule has 1 saturated carbocycles. The summed E-state index contributed by atoms with van der Waals surface area (Å²) in [6.07, 6.45) is 2.52. The summed E-state index contributed by atoms with van der Waals surface area (Å²) in [6.45, 7) is 0.991. The Kier molecular flexibility index (Phi) is 5.40. The minimum atomic E-state index is -0.738. The molecule has 2 atom stereocenters. The second-order valence-electron chi connectivity index (χ2n) is 7.59. The predicted octanol–water partition coefficient (Wildman–Crippen LogP) is 4.94. The Labute approximate surface area is 162 Å². The molecule has 1 saturated heterocycles. The topological polar surface area (TPSA) is 29.5 Å². The number of amides is 1. The molecule has 1 aliphatic heterocycles. The summed E-state index contributed by atoms with van der Waals surface area (Å²) in [7, 11) is 0. The summed E-state index contributed by atoms with van der Waals surface area (Å²) in [4.78, 5) is 14.2. The number of hydrogen-bond acceptors (Lipinski definition) is 2. The normalized spacial score (nSPS) is 19.1. The summed E-state index contributed by atoms with van der Waals surface area (Å²) in [5.74, 6) is -1.38. The van der Waals surface area contributed by atoms with E-state index in [4.69, 9.17) is 4.74 Å². The molecule has 0 bridgehead atoms. The van der Waals surface area contributed by atoms with Gasteiger partial charge in [0.2, 0.25) is 5.91 Å². The summed E-state index contributed by atoms with van der Waals surface area (Å²) < 4.78 is 47.5. The zero-order valence-electron chi connectivity index (χ0n) is 15.4. The maximum absolute atomic E-state index is 13.9. The molecule has 148 valence electrons. The second kappa shape index (κ2) is 7.95. The van der Waals surface area contributed by atoms with Gasteiger partial charge in [-0.1, -0.05) is 12.1 Å². The Morgan fingerprint density at radius 2 is 1.64 bits per heavy atom. The lowest BCUT2D eigenvalue weighted by Gasteiger charge is -2.35. The van der Waals surface area contributed by atoms with Crippen molar-refractivity contribution in [2.75, 3.05) is 13.2 Å². The minimum Gasteiger partial charge on any atom is -0.371 e. The molecule has 1 heterocycles. The summed E-state index contributed by atoms with van der Waals surface area (Å²) in [5, 5.41) is 0. The molecule has 1 amide bonds. The molecule has 3 nitrogen and oxygen atoms in total. The van der Waals surface area contributed by atoms with Gasteiger partial charge in [0.25, 0.3) is 0 Å². The number of rotatable bonds is 7. The maximum atomic E-state index is 13.9. The molecule has 0 N–H and O–H groups in total. The highest BCUT2D eigenvalue weighted by molar-refractivity contribution is 5.78. The van der Waals surface area contributed by atoms with Gasteiger partial charge in [-0.3, -0.25) is 4.79 Å². The van der Waals surface area contributed by atoms with E-state index >= 15 is 0 Å². The van der Waals surface area contributed by atoms with Crippen LogP contribution in [0.3, 0.4) is 0 Å². The van der Waals surface area contributed by atoms with Crippen molar-refractivity contribution < 1.29 is 22.7 Å². The van der Waals surface area contributed by atoms with Gasteiger partial charge in [-0.2, -0.15) is 0 Å². The summed E-state index contributed by atoms with van der Waals surface area (Å²) in [6, 6.07) is 8.60. The summed E-state index contributed by atoms with van der Waals surface area (Å²) in [5.41, 5.74) is 1.02. The largest absolute Gasteiger partial charge is 0.371 e. The van der Waals surface area contributed by atoms with Gasteiger partial charge < -0.3 is 9.64 Å². The van der Waals surface area contributed by atoms with Crippen LogP contribution in [0.5, 0.6) is 0 Å². The zero-order valence-corrected chi connectivity index (χ0v) is 15.4. The van der Waals surface area contributed by atoms with E-state index in [0.29, 0.717) is 43.0 Å². The van der Waals surface area contributed by atoms with Gasteiger partial charge in [-0.25, -0.2) is 13.2 Å². The third-order valence-electron chi connectivity index (χ3n) is 5.37. The Hall–Kier alpha value is -2.34. The highest BCUT2D eigenvalue weighted by Gasteiger charge is 2.37. The minimum absolute atomic E-state index is 0.0359. The number of carbonyl (C=O) groups is 1. The molecule has 2 fully saturated rings. The van der Waals surface area contributed by atoms with Crippen LogP contribution < -0.4 is 0 Å². The molecule has 0 radical (unpaired) electrons. The van der Waals surface area contributed by atoms with Gasteiger partial charge in [0.1, 0.15) is 23.6 Å². The lowest BCUT2D eigenvalue weighted by atomic mass is 9.94. The van der Waals surface area contributed by atoms with Crippen molar-refractivity contribution in [2.45, 2.75) is 37.8 Å². The number of carbonyl (C=O) groups excluding carboxylic acids is 1. The quantitative estimate of drug-likeness (QED) is 0.672. The average molecular weight is 389 g/mol. The fourth-order valence-electron chi connectivity index (χ4n) is 3.77. The molecule has 6 heteroatoms. The van der Waals surface area contributed by atoms with Crippen LogP contribution >= 0.6 is 0 Å². The van der Waals surface area contributed by atoms with Gasteiger partial charge in [0.15, 0.2) is 0 Å². The molecule has 2 aliphatic rings. The molecular weight excluding hydrogens is 367 g/mol. The first-order valence-electron chi connectivity index (χ1n) is 9.64. The molecule has 0 spiro atoms. The van der Waals surface area contributed by atoms with Gasteiger partial charge in [0, 0.05) is 19.0 Å². The van der Waals surface area contributed by atoms with Crippen molar-refractivity contribution in [2.24, 2.45) is 5.92 Å². The number of nitrogens with zero attached hydrogens (tertiary/aromatic N) is 1. The van der Waals surface area contributed by atoms with Crippen molar-refractivity contribution in [1.29, 1.82) is 0 Å². The van der Waals surface area contributed by atoms with Crippen LogP contribution in [-0.2, 0) is 9.53 Å². The summed E-state index contributed by atoms with van der Waals surface area (Å²) >= 11 is 0. The van der Waals surface area contributed by atoms with Crippen LogP contribution in [0.1, 0.15) is 49.0 Å². The predicted molar refractivity (Wildman–Crippen MR) is 97.9 cm³/mol. The van der Waals surface area contributed by atoms with Gasteiger partial charge in [0.05, 0.1) is 12.6 Å². The fourth-order valence-corrected chi connectivity index (χ4v) is 3.77. The monoisotopic (exact) mass is 389 g/mol. The van der Waals surface area contributed by atoms with E-state index < -0.39 is 23.8 Å². The van der Waals surface area contributed by atoms with Crippen molar-refractivity contribution in [1.82, 2.24) is 4.90 Å². The SMILES string of the molecule is O=C1CCCN1[C@@H](c1ccc(F)cc1)C(OCC1CC1)c1cc(F)cc(F)c1. The van der Waals surface area contributed by atoms with E-state index in [0.717, 1.165) is 18.9 Å². The van der Waals surface area contributed by atoms with Crippen LogP contribution in [0.15, 0.2) is 42.5 Å². The van der Waals surface area contributed by atoms with E-state index in [2.05, 4.69) is 0 Å². The third-order valence-corrected chi connectivity index (χ3v) is 5.37. The first-order chi connectivity index (χ1) is 13.5. The first-order valence-corrected chi connectivity index (χ1v) is 9.64. The van der Waals surface area contributed by atoms with Gasteiger partial charge in [-0.05, 0) is 60.6 Å². The van der Waals surface area contributed by atoms with E-state index in [9.17, 15) is 18.0 Å². The standard InChI is InChI=1S/C22H22F3NO2/c23-17-7-5-15(6-8-17)21(26-9-1-2-20(26)27)22(28-13-14-3-4-14)16-10-18(24)12-19(25)11-16/h5-8,10-12,14,21-22H,1-4,9,13H2/t21-,22?/m0/s1. The molecule has 2 aromatic carbocycles. The molecule has 1 aliphatic carbocycles. The Morgan fingerprint density at radius 1 is 0.964 bits per heavy atom. The molecule has 2 aromatic rings. The lowest BCUT2D eigenvalue weighted by molar-refractivity contribution is -0.133. The molecule has 28 heavy (non-hydrogen) atoms. The van der Waals surface area contributed by atoms with Crippen molar-refractivity contribution in [3.05, 3.63) is 71.0 Å². The molecule has 1 unspecified atom stereocenters. The first kappa shape index (κ1) is 19.0. The number of benzene rings is 2. The van der Waals surface area contributed by atoms with E-state index in [-0.39, 0.29) is 11.7 Å². The third kappa shape index (κ3) is 4.22. The van der Waals surface area contributed by atoms with Crippen LogP contribution in [0.2, 0.25) is 0 Å². The Balaban J connectivity index is 1.76. The Morgan fingerprint density at radius 3 is 2.21 bits per heavy atom. The van der Waals surface area contributed by atoms with Gasteiger partial charge >= 0.3 is 0 Å². The fraction of sp³-hybridized carbons (Fsp3) is 0.409. The molecular formula is C22H22F3NO2. The van der Waals surface area contributed by atoms with E-state index in [1.807, 2.05) is 0 Å². The number of ether oxygens (including phenoxy) is 1. The second-order valence-corrected chi connectivity index (χ2v) is 7.59. The highest BCUT2D eigenvalue weighted by atomic mass is 19.1. The highest BCUT2D eigenvalue weighted by Crippen LogP contribution is 2.41. The number of likely N-dealkylation sites (tertiary alicyclic amines) is 1. The van der Waals surface area contributed by atoms with Crippen molar-refractivity contribution >= 4 is 5.91 Å². The molecule has 4 rings (SSSR count). The van der Waals surface area contributed by atoms with E-state index in [1.54, 1.807) is 17.0 Å². The smallest absolute Gasteiger partial charge is 0.223 e. The van der Waals surface area contributed by atoms with Crippen LogP contribution in [-0.4, -0.2) is 24.0 Å². The van der Waals surface area contributed by atoms with Crippen LogP contribution in [0, 0.1) is 23.4 Å². The van der Waals surface area contributed by atoms with Crippen molar-refractivity contribution in [3.63, 3.8) is 0 Å². The van der Waals surface area contributed by atoms with Crippen LogP contribution in [0.25, 0.3) is 0 Å². The number of halogens is 3. The number of hydrogen-bond donors (Lipinski definition) is 0. The lowest BCUT2D eigenvalue weighted by Crippen LogP contribution is -2.35. The average Bonchev–Trinajstić information content (AvgIpc) is 3.39. The van der Waals surface area contributed by atoms with Crippen molar-refractivity contribution in [3.8, 4) is 0 Å². The molecule has 0 aromatic heterocycles. The van der Waals surface area contributed by atoms with Gasteiger partial charge in [-0.15, -0.1) is 0 Å². The zero-order chi connectivity index (χ0) is 19.7. The maximum Gasteiger partial charge on any atom is 0.223 e. The van der Waals surface area contributed by atoms with Crippen LogP contribution in [0.4, 0.5) is 13.2 Å².